The second kappa shape index (κ2) is 7.61. The van der Waals surface area contributed by atoms with Crippen LogP contribution in [0.15, 0.2) is 59.1 Å². The number of hydrogen-bond acceptors (Lipinski definition) is 5. The number of methoxy groups -OCH3 is 1. The molecule has 1 aromatic heterocycles. The fourth-order valence-corrected chi connectivity index (χ4v) is 3.42. The first-order valence-corrected chi connectivity index (χ1v) is 9.06. The lowest BCUT2D eigenvalue weighted by molar-refractivity contribution is -0.131. The minimum Gasteiger partial charge on any atom is -0.497 e. The Morgan fingerprint density at radius 2 is 1.96 bits per heavy atom. The molecule has 6 heteroatoms. The zero-order valence-electron chi connectivity index (χ0n) is 15.2. The molecule has 4 rings (SSSR count). The van der Waals surface area contributed by atoms with Gasteiger partial charge >= 0.3 is 0 Å². The summed E-state index contributed by atoms with van der Waals surface area (Å²) in [5.41, 5.74) is 1.86. The van der Waals surface area contributed by atoms with E-state index in [0.717, 1.165) is 36.3 Å². The number of rotatable bonds is 5. The monoisotopic (exact) mass is 363 g/mol. The molecule has 2 heterocycles. The summed E-state index contributed by atoms with van der Waals surface area (Å²) in [6, 6.07) is 17.1. The van der Waals surface area contributed by atoms with E-state index in [2.05, 4.69) is 10.1 Å². The summed E-state index contributed by atoms with van der Waals surface area (Å²) >= 11 is 0. The van der Waals surface area contributed by atoms with Crippen LogP contribution in [0.25, 0.3) is 11.4 Å². The van der Waals surface area contributed by atoms with Gasteiger partial charge in [0.1, 0.15) is 11.8 Å². The van der Waals surface area contributed by atoms with Gasteiger partial charge in [-0.2, -0.15) is 4.98 Å². The minimum absolute atomic E-state index is 0.0906. The molecule has 0 N–H and O–H groups in total. The van der Waals surface area contributed by atoms with Crippen LogP contribution in [0.4, 0.5) is 0 Å². The molecule has 1 aliphatic heterocycles. The number of hydrogen-bond donors (Lipinski definition) is 0. The van der Waals surface area contributed by atoms with Gasteiger partial charge in [0, 0.05) is 12.1 Å². The van der Waals surface area contributed by atoms with Crippen LogP contribution in [0, 0.1) is 0 Å². The van der Waals surface area contributed by atoms with Crippen LogP contribution < -0.4 is 4.74 Å². The number of aromatic nitrogens is 2. The molecule has 138 valence electrons. The first-order valence-electron chi connectivity index (χ1n) is 9.06. The third-order valence-electron chi connectivity index (χ3n) is 4.85. The van der Waals surface area contributed by atoms with Crippen molar-refractivity contribution >= 4 is 5.91 Å². The van der Waals surface area contributed by atoms with Crippen molar-refractivity contribution in [2.45, 2.75) is 25.3 Å². The van der Waals surface area contributed by atoms with Crippen LogP contribution in [-0.4, -0.2) is 34.6 Å². The largest absolute Gasteiger partial charge is 0.497 e. The molecule has 0 radical (unpaired) electrons. The fraction of sp³-hybridized carbons (Fsp3) is 0.286. The molecule has 1 atom stereocenters. The summed E-state index contributed by atoms with van der Waals surface area (Å²) < 4.78 is 10.7. The maximum atomic E-state index is 12.8. The van der Waals surface area contributed by atoms with Crippen LogP contribution >= 0.6 is 0 Å². The number of carbonyl (C=O) groups is 1. The van der Waals surface area contributed by atoms with E-state index in [1.165, 1.54) is 0 Å². The average molecular weight is 363 g/mol. The molecule has 6 nitrogen and oxygen atoms in total. The van der Waals surface area contributed by atoms with Crippen molar-refractivity contribution in [2.75, 3.05) is 13.7 Å². The van der Waals surface area contributed by atoms with Gasteiger partial charge in [-0.1, -0.05) is 35.5 Å². The Hall–Kier alpha value is -3.15. The minimum atomic E-state index is -0.152. The van der Waals surface area contributed by atoms with E-state index in [-0.39, 0.29) is 11.9 Å². The van der Waals surface area contributed by atoms with Crippen LogP contribution in [-0.2, 0) is 11.2 Å². The summed E-state index contributed by atoms with van der Waals surface area (Å²) in [6.45, 7) is 0.719. The van der Waals surface area contributed by atoms with E-state index in [0.29, 0.717) is 18.1 Å². The highest BCUT2D eigenvalue weighted by Gasteiger charge is 2.34. The summed E-state index contributed by atoms with van der Waals surface area (Å²) in [7, 11) is 1.63. The molecular formula is C21H21N3O3. The number of likely N-dealkylation sites (tertiary alicyclic amines) is 1. The van der Waals surface area contributed by atoms with Crippen LogP contribution in [0.1, 0.15) is 30.3 Å². The molecule has 1 aliphatic rings. The molecule has 0 saturated carbocycles. The lowest BCUT2D eigenvalue weighted by Crippen LogP contribution is -2.32. The van der Waals surface area contributed by atoms with Crippen molar-refractivity contribution in [2.24, 2.45) is 0 Å². The van der Waals surface area contributed by atoms with Gasteiger partial charge in [-0.25, -0.2) is 0 Å². The topological polar surface area (TPSA) is 68.5 Å². The molecule has 1 fully saturated rings. The molecule has 3 aromatic rings. The van der Waals surface area contributed by atoms with Gasteiger partial charge in [0.2, 0.25) is 17.6 Å². The summed E-state index contributed by atoms with van der Waals surface area (Å²) in [6.07, 6.45) is 2.16. The summed E-state index contributed by atoms with van der Waals surface area (Å²) in [5, 5.41) is 4.10. The molecule has 0 bridgehead atoms. The highest BCUT2D eigenvalue weighted by molar-refractivity contribution is 5.79. The highest BCUT2D eigenvalue weighted by Crippen LogP contribution is 2.32. The summed E-state index contributed by atoms with van der Waals surface area (Å²) in [5.74, 6) is 1.89. The Kier molecular flexibility index (Phi) is 4.87. The Morgan fingerprint density at radius 3 is 2.70 bits per heavy atom. The highest BCUT2D eigenvalue weighted by atomic mass is 16.5. The molecule has 27 heavy (non-hydrogen) atoms. The van der Waals surface area contributed by atoms with Gasteiger partial charge in [0.25, 0.3) is 0 Å². The quantitative estimate of drug-likeness (QED) is 0.692. The van der Waals surface area contributed by atoms with E-state index >= 15 is 0 Å². The molecular weight excluding hydrogens is 342 g/mol. The predicted octanol–water partition coefficient (Wildman–Crippen LogP) is 3.65. The van der Waals surface area contributed by atoms with Gasteiger partial charge in [-0.15, -0.1) is 0 Å². The second-order valence-corrected chi connectivity index (χ2v) is 6.59. The van der Waals surface area contributed by atoms with E-state index in [9.17, 15) is 4.79 Å². The molecule has 0 spiro atoms. The average Bonchev–Trinajstić information content (AvgIpc) is 3.38. The first-order chi connectivity index (χ1) is 13.2. The normalized spacial score (nSPS) is 16.5. The lowest BCUT2D eigenvalue weighted by atomic mass is 10.1. The van der Waals surface area contributed by atoms with Gasteiger partial charge in [-0.3, -0.25) is 4.79 Å². The molecule has 0 aliphatic carbocycles. The van der Waals surface area contributed by atoms with E-state index in [4.69, 9.17) is 9.26 Å². The second-order valence-electron chi connectivity index (χ2n) is 6.59. The van der Waals surface area contributed by atoms with Crippen molar-refractivity contribution in [3.05, 3.63) is 66.1 Å². The van der Waals surface area contributed by atoms with Crippen molar-refractivity contribution < 1.29 is 14.1 Å². The third-order valence-corrected chi connectivity index (χ3v) is 4.85. The Labute approximate surface area is 157 Å². The van der Waals surface area contributed by atoms with E-state index < -0.39 is 0 Å². The van der Waals surface area contributed by atoms with Crippen molar-refractivity contribution in [3.8, 4) is 17.1 Å². The maximum absolute atomic E-state index is 12.8. The lowest BCUT2D eigenvalue weighted by Gasteiger charge is -2.21. The molecule has 1 saturated heterocycles. The van der Waals surface area contributed by atoms with E-state index in [1.807, 2.05) is 59.5 Å². The Morgan fingerprint density at radius 1 is 1.19 bits per heavy atom. The summed E-state index contributed by atoms with van der Waals surface area (Å²) in [4.78, 5) is 19.2. The molecule has 1 amide bonds. The van der Waals surface area contributed by atoms with Crippen molar-refractivity contribution in [1.82, 2.24) is 15.0 Å². The zero-order chi connectivity index (χ0) is 18.6. The van der Waals surface area contributed by atoms with Gasteiger partial charge in [0.15, 0.2) is 0 Å². The molecule has 0 unspecified atom stereocenters. The van der Waals surface area contributed by atoms with Crippen LogP contribution in [0.3, 0.4) is 0 Å². The van der Waals surface area contributed by atoms with Crippen LogP contribution in [0.5, 0.6) is 5.75 Å². The SMILES string of the molecule is COc1ccc(-c2noc([C@H]3CCCN3C(=O)Cc3ccccc3)n2)cc1. The smallest absolute Gasteiger partial charge is 0.249 e. The standard InChI is InChI=1S/C21H21N3O3/c1-26-17-11-9-16(10-12-17)20-22-21(27-23-20)18-8-5-13-24(18)19(25)14-15-6-3-2-4-7-15/h2-4,6-7,9-12,18H,5,8,13-14H2,1H3/t18-/m1/s1. The van der Waals surface area contributed by atoms with Crippen molar-refractivity contribution in [1.29, 1.82) is 0 Å². The maximum Gasteiger partial charge on any atom is 0.249 e. The molecule has 2 aromatic carbocycles. The first kappa shape index (κ1) is 17.3. The van der Waals surface area contributed by atoms with Gasteiger partial charge in [-0.05, 0) is 42.7 Å². The number of carbonyl (C=O) groups excluding carboxylic acids is 1. The van der Waals surface area contributed by atoms with Gasteiger partial charge < -0.3 is 14.2 Å². The Balaban J connectivity index is 1.50. The third kappa shape index (κ3) is 3.69. The number of benzene rings is 2. The van der Waals surface area contributed by atoms with Crippen molar-refractivity contribution in [3.63, 3.8) is 0 Å². The predicted molar refractivity (Wildman–Crippen MR) is 100 cm³/mol. The van der Waals surface area contributed by atoms with Gasteiger partial charge in [0.05, 0.1) is 13.5 Å². The number of nitrogens with zero attached hydrogens (tertiary/aromatic N) is 3. The van der Waals surface area contributed by atoms with E-state index in [1.54, 1.807) is 7.11 Å². The fourth-order valence-electron chi connectivity index (χ4n) is 3.42. The zero-order valence-corrected chi connectivity index (χ0v) is 15.2. The number of ether oxygens (including phenoxy) is 1. The Bertz CT molecular complexity index is 906. The number of amides is 1. The van der Waals surface area contributed by atoms with Crippen LogP contribution in [0.2, 0.25) is 0 Å².